The lowest BCUT2D eigenvalue weighted by molar-refractivity contribution is 0.0988. The van der Waals surface area contributed by atoms with Crippen molar-refractivity contribution in [2.45, 2.75) is 20.3 Å². The van der Waals surface area contributed by atoms with E-state index in [1.165, 1.54) is 0 Å². The highest BCUT2D eigenvalue weighted by Crippen LogP contribution is 2.37. The van der Waals surface area contributed by atoms with Crippen molar-refractivity contribution in [3.63, 3.8) is 0 Å². The number of benzene rings is 1. The highest BCUT2D eigenvalue weighted by Gasteiger charge is 2.19. The molecule has 0 saturated heterocycles. The Morgan fingerprint density at radius 1 is 1.31 bits per heavy atom. The van der Waals surface area contributed by atoms with Gasteiger partial charge in [-0.15, -0.1) is 0 Å². The second-order valence-corrected chi connectivity index (χ2v) is 3.56. The van der Waals surface area contributed by atoms with Crippen molar-refractivity contribution in [3.8, 4) is 11.5 Å². The number of carbonyl (C=O) groups is 1. The Morgan fingerprint density at radius 2 is 2.00 bits per heavy atom. The van der Waals surface area contributed by atoms with Gasteiger partial charge in [0, 0.05) is 30.3 Å². The predicted octanol–water partition coefficient (Wildman–Crippen LogP) is 2.44. The van der Waals surface area contributed by atoms with E-state index in [1.807, 2.05) is 19.9 Å². The van der Waals surface area contributed by atoms with E-state index < -0.39 is 0 Å². The first-order valence-electron chi connectivity index (χ1n) is 5.47. The molecule has 1 aromatic carbocycles. The second kappa shape index (κ2) is 4.43. The van der Waals surface area contributed by atoms with Gasteiger partial charge in [-0.05, 0) is 13.0 Å². The van der Waals surface area contributed by atoms with Crippen molar-refractivity contribution in [3.05, 3.63) is 17.7 Å². The number of Topliss-reactive ketones (excluding diaryl/α,β-unsaturated/α-hetero) is 1. The largest absolute Gasteiger partial charge is 0.454 e. The van der Waals surface area contributed by atoms with E-state index in [0.29, 0.717) is 23.5 Å². The maximum atomic E-state index is 11.8. The van der Waals surface area contributed by atoms with Crippen LogP contribution in [0.3, 0.4) is 0 Å². The van der Waals surface area contributed by atoms with E-state index in [4.69, 9.17) is 9.47 Å². The minimum absolute atomic E-state index is 0.106. The molecule has 0 bridgehead atoms. The Labute approximate surface area is 94.6 Å². The molecule has 86 valence electrons. The summed E-state index contributed by atoms with van der Waals surface area (Å²) in [6.45, 7) is 4.84. The van der Waals surface area contributed by atoms with E-state index in [2.05, 4.69) is 5.32 Å². The number of ether oxygens (including phenoxy) is 2. The Hall–Kier alpha value is -1.71. The minimum Gasteiger partial charge on any atom is -0.454 e. The number of nitrogens with one attached hydrogen (secondary N) is 1. The quantitative estimate of drug-likeness (QED) is 0.793. The van der Waals surface area contributed by atoms with Crippen LogP contribution in [-0.4, -0.2) is 19.1 Å². The van der Waals surface area contributed by atoms with Crippen molar-refractivity contribution in [1.82, 2.24) is 0 Å². The molecule has 0 unspecified atom stereocenters. The van der Waals surface area contributed by atoms with Crippen LogP contribution in [0.4, 0.5) is 5.69 Å². The van der Waals surface area contributed by atoms with Gasteiger partial charge in [0.1, 0.15) is 0 Å². The first-order valence-corrected chi connectivity index (χ1v) is 5.47. The molecule has 1 N–H and O–H groups in total. The molecule has 1 aliphatic rings. The van der Waals surface area contributed by atoms with Crippen molar-refractivity contribution in [2.24, 2.45) is 0 Å². The summed E-state index contributed by atoms with van der Waals surface area (Å²) in [6, 6.07) is 3.58. The van der Waals surface area contributed by atoms with Gasteiger partial charge in [0.2, 0.25) is 6.79 Å². The molecule has 1 aliphatic heterocycles. The van der Waals surface area contributed by atoms with E-state index in [1.54, 1.807) is 6.07 Å². The smallest absolute Gasteiger partial charge is 0.231 e. The zero-order chi connectivity index (χ0) is 11.5. The maximum absolute atomic E-state index is 11.8. The number of hydrogen-bond donors (Lipinski definition) is 1. The summed E-state index contributed by atoms with van der Waals surface area (Å²) in [7, 11) is 0. The van der Waals surface area contributed by atoms with E-state index in [0.717, 1.165) is 12.2 Å². The highest BCUT2D eigenvalue weighted by atomic mass is 16.7. The average molecular weight is 221 g/mol. The fourth-order valence-corrected chi connectivity index (χ4v) is 1.70. The zero-order valence-electron chi connectivity index (χ0n) is 9.50. The average Bonchev–Trinajstić information content (AvgIpc) is 2.74. The molecule has 0 saturated carbocycles. The van der Waals surface area contributed by atoms with Gasteiger partial charge in [0.15, 0.2) is 17.3 Å². The Balaban J connectivity index is 2.44. The number of hydrogen-bond acceptors (Lipinski definition) is 4. The second-order valence-electron chi connectivity index (χ2n) is 3.56. The van der Waals surface area contributed by atoms with Crippen molar-refractivity contribution in [2.75, 3.05) is 18.7 Å². The Morgan fingerprint density at radius 3 is 2.62 bits per heavy atom. The third kappa shape index (κ3) is 1.83. The number of carbonyl (C=O) groups excluding carboxylic acids is 1. The summed E-state index contributed by atoms with van der Waals surface area (Å²) in [5.41, 5.74) is 1.49. The Bertz CT molecular complexity index is 415. The van der Waals surface area contributed by atoms with Crippen LogP contribution in [0.1, 0.15) is 30.6 Å². The lowest BCUT2D eigenvalue weighted by Gasteiger charge is -2.10. The molecule has 0 radical (unpaired) electrons. The van der Waals surface area contributed by atoms with Gasteiger partial charge >= 0.3 is 0 Å². The third-order valence-electron chi connectivity index (χ3n) is 2.50. The van der Waals surface area contributed by atoms with Gasteiger partial charge in [-0.25, -0.2) is 0 Å². The molecule has 0 spiro atoms. The number of fused-ring (bicyclic) bond motifs is 1. The fourth-order valence-electron chi connectivity index (χ4n) is 1.70. The van der Waals surface area contributed by atoms with Crippen LogP contribution in [0.5, 0.6) is 11.5 Å². The van der Waals surface area contributed by atoms with Gasteiger partial charge in [-0.2, -0.15) is 0 Å². The SMILES string of the molecule is CCNc1cc2c(cc1C(=O)CC)OCO2. The fraction of sp³-hybridized carbons (Fsp3) is 0.417. The molecule has 1 aromatic rings. The normalized spacial score (nSPS) is 12.6. The van der Waals surface area contributed by atoms with Crippen molar-refractivity contribution in [1.29, 1.82) is 0 Å². The summed E-state index contributed by atoms with van der Waals surface area (Å²) < 4.78 is 10.5. The monoisotopic (exact) mass is 221 g/mol. The van der Waals surface area contributed by atoms with Crippen LogP contribution in [-0.2, 0) is 0 Å². The van der Waals surface area contributed by atoms with Gasteiger partial charge in [-0.1, -0.05) is 6.92 Å². The van der Waals surface area contributed by atoms with Crippen LogP contribution >= 0.6 is 0 Å². The van der Waals surface area contributed by atoms with E-state index in [-0.39, 0.29) is 12.6 Å². The Kier molecular flexibility index (Phi) is 2.99. The molecule has 1 heterocycles. The standard InChI is InChI=1S/C12H15NO3/c1-3-10(14)8-5-11-12(16-7-15-11)6-9(8)13-4-2/h5-6,13H,3-4,7H2,1-2H3. The van der Waals surface area contributed by atoms with Crippen LogP contribution in [0.2, 0.25) is 0 Å². The lowest BCUT2D eigenvalue weighted by atomic mass is 10.1. The van der Waals surface area contributed by atoms with Crippen LogP contribution in [0, 0.1) is 0 Å². The van der Waals surface area contributed by atoms with Crippen molar-refractivity contribution < 1.29 is 14.3 Å². The molecule has 16 heavy (non-hydrogen) atoms. The summed E-state index contributed by atoms with van der Waals surface area (Å²) in [5, 5.41) is 3.16. The van der Waals surface area contributed by atoms with Gasteiger partial charge in [0.05, 0.1) is 0 Å². The molecule has 0 aliphatic carbocycles. The molecule has 0 fully saturated rings. The van der Waals surface area contributed by atoms with Crippen LogP contribution in [0.25, 0.3) is 0 Å². The summed E-state index contributed by atoms with van der Waals surface area (Å²) in [5.74, 6) is 1.45. The number of ketones is 1. The van der Waals surface area contributed by atoms with E-state index in [9.17, 15) is 4.79 Å². The molecule has 0 atom stereocenters. The van der Waals surface area contributed by atoms with E-state index >= 15 is 0 Å². The molecular formula is C12H15NO3. The molecule has 0 aromatic heterocycles. The summed E-state index contributed by atoms with van der Waals surface area (Å²) in [6.07, 6.45) is 0.484. The van der Waals surface area contributed by atoms with Crippen LogP contribution < -0.4 is 14.8 Å². The van der Waals surface area contributed by atoms with Gasteiger partial charge in [-0.3, -0.25) is 4.79 Å². The van der Waals surface area contributed by atoms with Gasteiger partial charge in [0.25, 0.3) is 0 Å². The predicted molar refractivity (Wildman–Crippen MR) is 61.4 cm³/mol. The zero-order valence-corrected chi connectivity index (χ0v) is 9.50. The molecular weight excluding hydrogens is 206 g/mol. The van der Waals surface area contributed by atoms with Gasteiger partial charge < -0.3 is 14.8 Å². The topological polar surface area (TPSA) is 47.6 Å². The molecule has 4 nitrogen and oxygen atoms in total. The van der Waals surface area contributed by atoms with Crippen molar-refractivity contribution >= 4 is 11.5 Å². The molecule has 2 rings (SSSR count). The summed E-state index contributed by atoms with van der Waals surface area (Å²) in [4.78, 5) is 11.8. The number of anilines is 1. The lowest BCUT2D eigenvalue weighted by Crippen LogP contribution is -2.05. The third-order valence-corrected chi connectivity index (χ3v) is 2.50. The molecule has 0 amide bonds. The minimum atomic E-state index is 0.106. The summed E-state index contributed by atoms with van der Waals surface area (Å²) >= 11 is 0. The first kappa shape index (κ1) is 10.8. The van der Waals surface area contributed by atoms with Crippen LogP contribution in [0.15, 0.2) is 12.1 Å². The first-order chi connectivity index (χ1) is 7.76. The number of rotatable bonds is 4. The maximum Gasteiger partial charge on any atom is 0.231 e. The highest BCUT2D eigenvalue weighted by molar-refractivity contribution is 6.02. The molecule has 4 heteroatoms.